The summed E-state index contributed by atoms with van der Waals surface area (Å²) in [5, 5.41) is 11.9. The van der Waals surface area contributed by atoms with E-state index < -0.39 is 5.41 Å². The number of carbonyl (C=O) groups is 1. The summed E-state index contributed by atoms with van der Waals surface area (Å²) < 4.78 is 4.72. The van der Waals surface area contributed by atoms with Gasteiger partial charge in [0.05, 0.1) is 24.2 Å². The molecule has 0 heterocycles. The van der Waals surface area contributed by atoms with E-state index in [1.807, 2.05) is 6.07 Å². The smallest absolute Gasteiger partial charge is 0.313 e. The van der Waals surface area contributed by atoms with Crippen molar-refractivity contribution in [2.75, 3.05) is 19.0 Å². The fourth-order valence-electron chi connectivity index (χ4n) is 1.37. The van der Waals surface area contributed by atoms with Gasteiger partial charge in [0.25, 0.3) is 0 Å². The van der Waals surface area contributed by atoms with Crippen LogP contribution in [0.2, 0.25) is 0 Å². The third-order valence-corrected chi connectivity index (χ3v) is 2.46. The Balaban J connectivity index is 2.67. The number of benzene rings is 1. The van der Waals surface area contributed by atoms with Crippen molar-refractivity contribution in [3.8, 4) is 6.07 Å². The molecule has 4 nitrogen and oxygen atoms in total. The second-order valence-corrected chi connectivity index (χ2v) is 4.42. The molecule has 0 radical (unpaired) electrons. The Bertz CT molecular complexity index is 447. The van der Waals surface area contributed by atoms with E-state index in [2.05, 4.69) is 11.4 Å². The van der Waals surface area contributed by atoms with Crippen LogP contribution in [0.3, 0.4) is 0 Å². The van der Waals surface area contributed by atoms with Gasteiger partial charge in [-0.05, 0) is 32.0 Å². The van der Waals surface area contributed by atoms with E-state index in [9.17, 15) is 4.79 Å². The summed E-state index contributed by atoms with van der Waals surface area (Å²) in [6, 6.07) is 9.20. The number of anilines is 1. The van der Waals surface area contributed by atoms with Gasteiger partial charge in [-0.25, -0.2) is 0 Å². The molecule has 0 unspecified atom stereocenters. The van der Waals surface area contributed by atoms with E-state index >= 15 is 0 Å². The van der Waals surface area contributed by atoms with Gasteiger partial charge < -0.3 is 10.1 Å². The lowest BCUT2D eigenvalue weighted by Crippen LogP contribution is -2.33. The van der Waals surface area contributed by atoms with Crippen LogP contribution >= 0.6 is 0 Å². The Morgan fingerprint density at radius 2 is 2.24 bits per heavy atom. The molecule has 90 valence electrons. The first-order chi connectivity index (χ1) is 7.99. The second-order valence-electron chi connectivity index (χ2n) is 4.42. The molecule has 0 saturated heterocycles. The molecule has 0 aliphatic rings. The van der Waals surface area contributed by atoms with Crippen LogP contribution in [0.4, 0.5) is 5.69 Å². The van der Waals surface area contributed by atoms with E-state index in [-0.39, 0.29) is 5.97 Å². The summed E-state index contributed by atoms with van der Waals surface area (Å²) in [6.07, 6.45) is 0. The van der Waals surface area contributed by atoms with Crippen LogP contribution < -0.4 is 5.32 Å². The minimum atomic E-state index is -0.600. The number of hydrogen-bond acceptors (Lipinski definition) is 4. The van der Waals surface area contributed by atoms with Crippen LogP contribution in [0.15, 0.2) is 24.3 Å². The number of carbonyl (C=O) groups excluding carboxylic acids is 1. The molecule has 0 aromatic heterocycles. The molecule has 0 bridgehead atoms. The molecule has 1 N–H and O–H groups in total. The molecule has 17 heavy (non-hydrogen) atoms. The largest absolute Gasteiger partial charge is 0.469 e. The van der Waals surface area contributed by atoms with Crippen LogP contribution in [0.25, 0.3) is 0 Å². The van der Waals surface area contributed by atoms with Crippen molar-refractivity contribution in [1.29, 1.82) is 5.26 Å². The maximum atomic E-state index is 11.5. The number of rotatable bonds is 4. The van der Waals surface area contributed by atoms with Crippen molar-refractivity contribution < 1.29 is 9.53 Å². The lowest BCUT2D eigenvalue weighted by Gasteiger charge is -2.22. The van der Waals surface area contributed by atoms with Crippen molar-refractivity contribution in [2.24, 2.45) is 5.41 Å². The topological polar surface area (TPSA) is 62.1 Å². The van der Waals surface area contributed by atoms with Crippen molar-refractivity contribution >= 4 is 11.7 Å². The predicted molar refractivity (Wildman–Crippen MR) is 65.4 cm³/mol. The van der Waals surface area contributed by atoms with E-state index in [4.69, 9.17) is 10.00 Å². The maximum Gasteiger partial charge on any atom is 0.313 e. The molecule has 0 spiro atoms. The van der Waals surface area contributed by atoms with Gasteiger partial charge in [-0.15, -0.1) is 0 Å². The highest BCUT2D eigenvalue weighted by Crippen LogP contribution is 2.19. The van der Waals surface area contributed by atoms with Gasteiger partial charge in [-0.3, -0.25) is 4.79 Å². The SMILES string of the molecule is COC(=O)C(C)(C)CNc1cccc(C#N)c1. The number of nitriles is 1. The number of esters is 1. The van der Waals surface area contributed by atoms with Crippen molar-refractivity contribution in [1.82, 2.24) is 0 Å². The quantitative estimate of drug-likeness (QED) is 0.808. The summed E-state index contributed by atoms with van der Waals surface area (Å²) in [7, 11) is 1.38. The van der Waals surface area contributed by atoms with Crippen molar-refractivity contribution in [3.63, 3.8) is 0 Å². The Morgan fingerprint density at radius 3 is 2.82 bits per heavy atom. The van der Waals surface area contributed by atoms with E-state index in [0.29, 0.717) is 12.1 Å². The molecule has 0 amide bonds. The normalized spacial score (nSPS) is 10.5. The minimum absolute atomic E-state index is 0.263. The van der Waals surface area contributed by atoms with Crippen LogP contribution in [0, 0.1) is 16.7 Å². The third-order valence-electron chi connectivity index (χ3n) is 2.46. The van der Waals surface area contributed by atoms with E-state index in [1.165, 1.54) is 7.11 Å². The number of methoxy groups -OCH3 is 1. The summed E-state index contributed by atoms with van der Waals surface area (Å²) in [6.45, 7) is 4.06. The number of ether oxygens (including phenoxy) is 1. The number of hydrogen-bond donors (Lipinski definition) is 1. The van der Waals surface area contributed by atoms with E-state index in [0.717, 1.165) is 5.69 Å². The van der Waals surface area contributed by atoms with Gasteiger partial charge in [0.15, 0.2) is 0 Å². The van der Waals surface area contributed by atoms with Crippen molar-refractivity contribution in [2.45, 2.75) is 13.8 Å². The fourth-order valence-corrected chi connectivity index (χ4v) is 1.37. The monoisotopic (exact) mass is 232 g/mol. The summed E-state index contributed by atoms with van der Waals surface area (Å²) in [4.78, 5) is 11.5. The summed E-state index contributed by atoms with van der Waals surface area (Å²) >= 11 is 0. The summed E-state index contributed by atoms with van der Waals surface area (Å²) in [5.74, 6) is -0.263. The van der Waals surface area contributed by atoms with Crippen LogP contribution in [0.1, 0.15) is 19.4 Å². The standard InChI is InChI=1S/C13H16N2O2/c1-13(2,12(16)17-3)9-15-11-6-4-5-10(7-11)8-14/h4-7,15H,9H2,1-3H3. The lowest BCUT2D eigenvalue weighted by atomic mass is 9.93. The van der Waals surface area contributed by atoms with Crippen LogP contribution in [-0.2, 0) is 9.53 Å². The highest BCUT2D eigenvalue weighted by atomic mass is 16.5. The first kappa shape index (κ1) is 13.0. The third kappa shape index (κ3) is 3.49. The summed E-state index contributed by atoms with van der Waals surface area (Å²) in [5.41, 5.74) is 0.809. The Hall–Kier alpha value is -2.02. The fraction of sp³-hybridized carbons (Fsp3) is 0.385. The molecule has 0 aliphatic carbocycles. The molecule has 0 atom stereocenters. The average Bonchev–Trinajstić information content (AvgIpc) is 2.35. The zero-order valence-electron chi connectivity index (χ0n) is 10.3. The highest BCUT2D eigenvalue weighted by Gasteiger charge is 2.28. The molecular formula is C13H16N2O2. The first-order valence-electron chi connectivity index (χ1n) is 5.32. The van der Waals surface area contributed by atoms with Crippen LogP contribution in [0.5, 0.6) is 0 Å². The van der Waals surface area contributed by atoms with Gasteiger partial charge in [-0.2, -0.15) is 5.26 Å². The predicted octanol–water partition coefficient (Wildman–Crippen LogP) is 2.17. The number of nitrogens with zero attached hydrogens (tertiary/aromatic N) is 1. The Morgan fingerprint density at radius 1 is 1.53 bits per heavy atom. The molecule has 0 fully saturated rings. The molecule has 1 rings (SSSR count). The second kappa shape index (κ2) is 5.35. The Kier molecular flexibility index (Phi) is 4.11. The average molecular weight is 232 g/mol. The van der Waals surface area contributed by atoms with Gasteiger partial charge >= 0.3 is 5.97 Å². The molecular weight excluding hydrogens is 216 g/mol. The Labute approximate surface area is 101 Å². The zero-order chi connectivity index (χ0) is 12.9. The first-order valence-corrected chi connectivity index (χ1v) is 5.32. The lowest BCUT2D eigenvalue weighted by molar-refractivity contribution is -0.149. The molecule has 4 heteroatoms. The molecule has 0 saturated carbocycles. The number of nitrogens with one attached hydrogen (secondary N) is 1. The maximum absolute atomic E-state index is 11.5. The van der Waals surface area contributed by atoms with Crippen LogP contribution in [-0.4, -0.2) is 19.6 Å². The zero-order valence-corrected chi connectivity index (χ0v) is 10.3. The molecule has 0 aliphatic heterocycles. The van der Waals surface area contributed by atoms with Gasteiger partial charge in [0.2, 0.25) is 0 Å². The minimum Gasteiger partial charge on any atom is -0.469 e. The van der Waals surface area contributed by atoms with Crippen molar-refractivity contribution in [3.05, 3.63) is 29.8 Å². The molecule has 1 aromatic rings. The van der Waals surface area contributed by atoms with Gasteiger partial charge in [-0.1, -0.05) is 6.07 Å². The van der Waals surface area contributed by atoms with Gasteiger partial charge in [0, 0.05) is 12.2 Å². The highest BCUT2D eigenvalue weighted by molar-refractivity contribution is 5.76. The molecule has 1 aromatic carbocycles. The van der Waals surface area contributed by atoms with Gasteiger partial charge in [0.1, 0.15) is 0 Å². The van der Waals surface area contributed by atoms with E-state index in [1.54, 1.807) is 32.0 Å².